The molecule has 0 unspecified atom stereocenters. The van der Waals surface area contributed by atoms with Crippen molar-refractivity contribution in [1.82, 2.24) is 10.9 Å². The molecule has 1 aliphatic rings. The Morgan fingerprint density at radius 1 is 1.35 bits per heavy atom. The van der Waals surface area contributed by atoms with E-state index in [1.54, 1.807) is 26.1 Å². The van der Waals surface area contributed by atoms with E-state index in [1.807, 2.05) is 26.0 Å². The van der Waals surface area contributed by atoms with E-state index in [2.05, 4.69) is 10.9 Å². The van der Waals surface area contributed by atoms with Crippen molar-refractivity contribution in [2.75, 3.05) is 7.05 Å². The third-order valence-electron chi connectivity index (χ3n) is 3.37. The Bertz CT molecular complexity index is 603. The van der Waals surface area contributed by atoms with Crippen LogP contribution in [0.2, 0.25) is 0 Å². The molecule has 5 heteroatoms. The molecule has 5 nitrogen and oxygen atoms in total. The van der Waals surface area contributed by atoms with Crippen LogP contribution in [0, 0.1) is 0 Å². The van der Waals surface area contributed by atoms with Gasteiger partial charge in [-0.2, -0.15) is 0 Å². The predicted molar refractivity (Wildman–Crippen MR) is 76.0 cm³/mol. The number of fused-ring (bicyclic) bond motifs is 1. The maximum atomic E-state index is 11.8. The fourth-order valence-corrected chi connectivity index (χ4v) is 2.08. The summed E-state index contributed by atoms with van der Waals surface area (Å²) in [6.45, 7) is 5.39. The van der Waals surface area contributed by atoms with Crippen molar-refractivity contribution in [3.8, 4) is 5.75 Å². The number of carbonyl (C=O) groups excluding carboxylic acids is 2. The highest BCUT2D eigenvalue weighted by Gasteiger charge is 2.40. The highest BCUT2D eigenvalue weighted by atomic mass is 16.5. The zero-order valence-electron chi connectivity index (χ0n) is 12.0. The van der Waals surface area contributed by atoms with Gasteiger partial charge in [-0.3, -0.25) is 15.0 Å². The minimum absolute atomic E-state index is 0.195. The van der Waals surface area contributed by atoms with E-state index in [0.29, 0.717) is 11.3 Å². The summed E-state index contributed by atoms with van der Waals surface area (Å²) in [5.74, 6) is 0.146. The topological polar surface area (TPSA) is 67.4 Å². The van der Waals surface area contributed by atoms with E-state index in [9.17, 15) is 9.59 Å². The number of ether oxygens (including phenoxy) is 1. The summed E-state index contributed by atoms with van der Waals surface area (Å²) in [5.41, 5.74) is 6.72. The summed E-state index contributed by atoms with van der Waals surface area (Å²) >= 11 is 0. The van der Waals surface area contributed by atoms with Crippen LogP contribution in [0.25, 0.3) is 6.08 Å². The lowest BCUT2D eigenvalue weighted by Gasteiger charge is -2.13. The number of carbonyl (C=O) groups is 2. The largest absolute Gasteiger partial charge is 0.426 e. The van der Waals surface area contributed by atoms with Crippen LogP contribution in [0.3, 0.4) is 0 Å². The van der Waals surface area contributed by atoms with Crippen molar-refractivity contribution >= 4 is 18.0 Å². The first-order valence-electron chi connectivity index (χ1n) is 6.38. The van der Waals surface area contributed by atoms with Crippen LogP contribution in [0.4, 0.5) is 0 Å². The third kappa shape index (κ3) is 2.44. The van der Waals surface area contributed by atoms with E-state index < -0.39 is 5.41 Å². The summed E-state index contributed by atoms with van der Waals surface area (Å²) < 4.78 is 5.22. The van der Waals surface area contributed by atoms with Gasteiger partial charge in [0.25, 0.3) is 5.91 Å². The molecule has 2 rings (SSSR count). The standard InChI is InChI=1S/C15H18N2O3/c1-9(13(18)17-16-4)7-10-5-6-12-11(8-10)15(2,3)14(19)20-12/h5-8,16H,1-4H3,(H,17,18)/b9-7+. The molecule has 1 aromatic rings. The molecule has 1 aromatic carbocycles. The van der Waals surface area contributed by atoms with Gasteiger partial charge in [0.15, 0.2) is 0 Å². The second-order valence-electron chi connectivity index (χ2n) is 5.30. The van der Waals surface area contributed by atoms with Crippen LogP contribution >= 0.6 is 0 Å². The molecule has 0 atom stereocenters. The van der Waals surface area contributed by atoms with Crippen molar-refractivity contribution in [3.05, 3.63) is 34.9 Å². The predicted octanol–water partition coefficient (Wildman–Crippen LogP) is 1.54. The highest BCUT2D eigenvalue weighted by Crippen LogP contribution is 2.39. The molecule has 0 bridgehead atoms. The molecule has 20 heavy (non-hydrogen) atoms. The molecular formula is C15H18N2O3. The second kappa shape index (κ2) is 5.09. The van der Waals surface area contributed by atoms with Crippen molar-refractivity contribution in [1.29, 1.82) is 0 Å². The van der Waals surface area contributed by atoms with Gasteiger partial charge in [0.1, 0.15) is 5.75 Å². The maximum absolute atomic E-state index is 11.8. The van der Waals surface area contributed by atoms with Gasteiger partial charge >= 0.3 is 5.97 Å². The van der Waals surface area contributed by atoms with Gasteiger partial charge in [-0.1, -0.05) is 6.07 Å². The number of rotatable bonds is 3. The fraction of sp³-hybridized carbons (Fsp3) is 0.333. The van der Waals surface area contributed by atoms with Crippen molar-refractivity contribution in [3.63, 3.8) is 0 Å². The quantitative estimate of drug-likeness (QED) is 0.380. The molecule has 0 aromatic heterocycles. The van der Waals surface area contributed by atoms with Crippen LogP contribution in [0.15, 0.2) is 23.8 Å². The molecule has 1 heterocycles. The maximum Gasteiger partial charge on any atom is 0.321 e. The molecule has 0 radical (unpaired) electrons. The first-order chi connectivity index (χ1) is 9.36. The Kier molecular flexibility index (Phi) is 3.63. The van der Waals surface area contributed by atoms with Crippen LogP contribution in [0.1, 0.15) is 31.9 Å². The molecule has 2 N–H and O–H groups in total. The Morgan fingerprint density at radius 3 is 2.70 bits per heavy atom. The SMILES string of the molecule is CNNC(=O)/C(C)=C/c1ccc2c(c1)C(C)(C)C(=O)O2. The molecule has 106 valence electrons. The fourth-order valence-electron chi connectivity index (χ4n) is 2.08. The summed E-state index contributed by atoms with van der Waals surface area (Å²) in [5, 5.41) is 0. The number of hydrogen-bond acceptors (Lipinski definition) is 4. The Morgan fingerprint density at radius 2 is 2.05 bits per heavy atom. The summed E-state index contributed by atoms with van der Waals surface area (Å²) in [4.78, 5) is 23.4. The molecule has 0 aliphatic carbocycles. The van der Waals surface area contributed by atoms with Gasteiger partial charge in [0, 0.05) is 18.2 Å². The molecule has 0 spiro atoms. The van der Waals surface area contributed by atoms with Gasteiger partial charge in [0.05, 0.1) is 5.41 Å². The molecule has 0 saturated carbocycles. The number of benzene rings is 1. The van der Waals surface area contributed by atoms with E-state index in [-0.39, 0.29) is 11.9 Å². The number of hydrazine groups is 1. The van der Waals surface area contributed by atoms with Crippen molar-refractivity contribution in [2.45, 2.75) is 26.2 Å². The average molecular weight is 274 g/mol. The van der Waals surface area contributed by atoms with Gasteiger partial charge in [-0.15, -0.1) is 0 Å². The average Bonchev–Trinajstić information content (AvgIpc) is 2.61. The summed E-state index contributed by atoms with van der Waals surface area (Å²) in [7, 11) is 1.63. The number of nitrogens with one attached hydrogen (secondary N) is 2. The second-order valence-corrected chi connectivity index (χ2v) is 5.30. The van der Waals surface area contributed by atoms with Gasteiger partial charge in [-0.05, 0) is 44.5 Å². The van der Waals surface area contributed by atoms with Gasteiger partial charge in [0.2, 0.25) is 0 Å². The molecular weight excluding hydrogens is 256 g/mol. The molecule has 0 saturated heterocycles. The molecule has 1 aliphatic heterocycles. The number of amides is 1. The zero-order chi connectivity index (χ0) is 14.9. The minimum Gasteiger partial charge on any atom is -0.426 e. The van der Waals surface area contributed by atoms with Crippen molar-refractivity contribution in [2.24, 2.45) is 0 Å². The van der Waals surface area contributed by atoms with Crippen LogP contribution in [-0.4, -0.2) is 18.9 Å². The lowest BCUT2D eigenvalue weighted by atomic mass is 9.85. The van der Waals surface area contributed by atoms with Crippen LogP contribution < -0.4 is 15.6 Å². The van der Waals surface area contributed by atoms with E-state index in [0.717, 1.165) is 11.1 Å². The first kappa shape index (κ1) is 14.3. The molecule has 0 fully saturated rings. The zero-order valence-corrected chi connectivity index (χ0v) is 12.0. The van der Waals surface area contributed by atoms with Gasteiger partial charge < -0.3 is 4.74 Å². The summed E-state index contributed by atoms with van der Waals surface area (Å²) in [6.07, 6.45) is 1.77. The lowest BCUT2D eigenvalue weighted by Crippen LogP contribution is -2.34. The molecule has 1 amide bonds. The number of hydrogen-bond donors (Lipinski definition) is 2. The first-order valence-corrected chi connectivity index (χ1v) is 6.38. The monoisotopic (exact) mass is 274 g/mol. The normalized spacial score (nSPS) is 16.6. The number of esters is 1. The Balaban J connectivity index is 2.34. The smallest absolute Gasteiger partial charge is 0.321 e. The minimum atomic E-state index is -0.652. The third-order valence-corrected chi connectivity index (χ3v) is 3.37. The summed E-state index contributed by atoms with van der Waals surface area (Å²) in [6, 6.07) is 5.47. The van der Waals surface area contributed by atoms with E-state index in [4.69, 9.17) is 4.74 Å². The van der Waals surface area contributed by atoms with Crippen LogP contribution in [0.5, 0.6) is 5.75 Å². The lowest BCUT2D eigenvalue weighted by molar-refractivity contribution is -0.137. The van der Waals surface area contributed by atoms with E-state index >= 15 is 0 Å². The highest BCUT2D eigenvalue weighted by molar-refractivity contribution is 5.97. The Hall–Kier alpha value is -2.14. The van der Waals surface area contributed by atoms with Gasteiger partial charge in [-0.25, -0.2) is 5.43 Å². The van der Waals surface area contributed by atoms with Crippen LogP contribution in [-0.2, 0) is 15.0 Å². The van der Waals surface area contributed by atoms with Crippen molar-refractivity contribution < 1.29 is 14.3 Å². The Labute approximate surface area is 118 Å². The van der Waals surface area contributed by atoms with E-state index in [1.165, 1.54) is 0 Å².